The van der Waals surface area contributed by atoms with Gasteiger partial charge in [0.2, 0.25) is 0 Å². The number of halogens is 1. The molecule has 0 unspecified atom stereocenters. The van der Waals surface area contributed by atoms with E-state index in [1.165, 1.54) is 6.20 Å². The molecule has 9 heteroatoms. The molecule has 8 nitrogen and oxygen atoms in total. The Kier molecular flexibility index (Phi) is 5.40. The minimum absolute atomic E-state index is 0.211. The smallest absolute Gasteiger partial charge is 0.410 e. The van der Waals surface area contributed by atoms with Crippen LogP contribution in [0.25, 0.3) is 16.8 Å². The minimum Gasteiger partial charge on any atom is -0.444 e. The van der Waals surface area contributed by atoms with Gasteiger partial charge in [-0.1, -0.05) is 11.6 Å². The van der Waals surface area contributed by atoms with Crippen molar-refractivity contribution in [1.29, 1.82) is 5.26 Å². The van der Waals surface area contributed by atoms with Gasteiger partial charge in [0, 0.05) is 24.3 Å². The first kappa shape index (κ1) is 21.2. The van der Waals surface area contributed by atoms with E-state index in [-0.39, 0.29) is 12.1 Å². The molecule has 0 radical (unpaired) electrons. The van der Waals surface area contributed by atoms with Crippen molar-refractivity contribution in [3.8, 4) is 17.2 Å². The fourth-order valence-corrected chi connectivity index (χ4v) is 4.29. The summed E-state index contributed by atoms with van der Waals surface area (Å²) in [6, 6.07) is 6.05. The van der Waals surface area contributed by atoms with Crippen LogP contribution in [-0.4, -0.2) is 48.8 Å². The molecule has 0 bridgehead atoms. The van der Waals surface area contributed by atoms with Crippen LogP contribution < -0.4 is 0 Å². The third-order valence-corrected chi connectivity index (χ3v) is 5.77. The fourth-order valence-electron chi connectivity index (χ4n) is 3.99. The van der Waals surface area contributed by atoms with Crippen molar-refractivity contribution < 1.29 is 9.53 Å². The number of piperidine rings is 1. The maximum atomic E-state index is 12.3. The van der Waals surface area contributed by atoms with Crippen LogP contribution in [0.3, 0.4) is 0 Å². The SMILES string of the molecule is Cc1c(-c2cc(Cl)n3c(C#N)cnc3c2)cnn1C1CCN(C(=O)OC(C)(C)C)CC1. The van der Waals surface area contributed by atoms with Gasteiger partial charge < -0.3 is 9.64 Å². The number of fused-ring (bicyclic) bond motifs is 1. The number of nitriles is 1. The number of nitrogens with zero attached hydrogens (tertiary/aromatic N) is 6. The van der Waals surface area contributed by atoms with E-state index in [1.807, 2.05) is 50.7 Å². The lowest BCUT2D eigenvalue weighted by Crippen LogP contribution is -2.42. The van der Waals surface area contributed by atoms with Crippen LogP contribution in [0.4, 0.5) is 4.79 Å². The number of likely N-dealkylation sites (tertiary alicyclic amines) is 1. The molecule has 1 saturated heterocycles. The van der Waals surface area contributed by atoms with E-state index in [1.54, 1.807) is 9.30 Å². The van der Waals surface area contributed by atoms with Crippen LogP contribution in [0.15, 0.2) is 24.5 Å². The summed E-state index contributed by atoms with van der Waals surface area (Å²) in [5.74, 6) is 0. The molecule has 0 aromatic carbocycles. The van der Waals surface area contributed by atoms with E-state index in [0.29, 0.717) is 29.6 Å². The molecule has 3 aromatic heterocycles. The average Bonchev–Trinajstić information content (AvgIpc) is 3.30. The third kappa shape index (κ3) is 4.10. The summed E-state index contributed by atoms with van der Waals surface area (Å²) in [6.07, 6.45) is 4.72. The number of amides is 1. The van der Waals surface area contributed by atoms with Crippen LogP contribution in [0.2, 0.25) is 5.15 Å². The number of pyridine rings is 1. The number of ether oxygens (including phenoxy) is 1. The normalized spacial score (nSPS) is 15.3. The average molecular weight is 441 g/mol. The highest BCUT2D eigenvalue weighted by molar-refractivity contribution is 6.30. The van der Waals surface area contributed by atoms with Crippen LogP contribution >= 0.6 is 11.6 Å². The molecular weight excluding hydrogens is 416 g/mol. The molecule has 4 heterocycles. The van der Waals surface area contributed by atoms with Crippen LogP contribution in [-0.2, 0) is 4.74 Å². The van der Waals surface area contributed by atoms with Crippen molar-refractivity contribution in [1.82, 2.24) is 24.1 Å². The molecule has 0 atom stereocenters. The first-order valence-corrected chi connectivity index (χ1v) is 10.7. The Bertz CT molecular complexity index is 1180. The van der Waals surface area contributed by atoms with E-state index in [2.05, 4.69) is 16.2 Å². The van der Waals surface area contributed by atoms with Crippen LogP contribution in [0, 0.1) is 18.3 Å². The van der Waals surface area contributed by atoms with E-state index in [4.69, 9.17) is 16.3 Å². The van der Waals surface area contributed by atoms with Crippen LogP contribution in [0.1, 0.15) is 51.0 Å². The molecule has 0 saturated carbocycles. The molecule has 1 aliphatic heterocycles. The Labute approximate surface area is 186 Å². The molecule has 1 amide bonds. The first-order chi connectivity index (χ1) is 14.7. The van der Waals surface area contributed by atoms with Gasteiger partial charge in [0.25, 0.3) is 0 Å². The molecule has 0 spiro atoms. The summed E-state index contributed by atoms with van der Waals surface area (Å²) >= 11 is 6.43. The minimum atomic E-state index is -0.493. The molecule has 31 heavy (non-hydrogen) atoms. The summed E-state index contributed by atoms with van der Waals surface area (Å²) in [5, 5.41) is 14.3. The van der Waals surface area contributed by atoms with E-state index in [0.717, 1.165) is 29.7 Å². The lowest BCUT2D eigenvalue weighted by molar-refractivity contribution is 0.0184. The molecule has 1 fully saturated rings. The maximum absolute atomic E-state index is 12.3. The second-order valence-corrected chi connectivity index (χ2v) is 9.19. The lowest BCUT2D eigenvalue weighted by atomic mass is 10.0. The lowest BCUT2D eigenvalue weighted by Gasteiger charge is -2.33. The molecular formula is C22H25ClN6O2. The van der Waals surface area contributed by atoms with Crippen molar-refractivity contribution in [2.24, 2.45) is 0 Å². The number of carbonyl (C=O) groups excluding carboxylic acids is 1. The van der Waals surface area contributed by atoms with E-state index < -0.39 is 5.60 Å². The standard InChI is InChI=1S/C22H25ClN6O2/c1-14-18(15-9-19(23)28-17(11-24)12-25-20(28)10-15)13-26-29(14)16-5-7-27(8-6-16)21(30)31-22(2,3)4/h9-10,12-13,16H,5-8H2,1-4H3. The Morgan fingerprint density at radius 3 is 2.61 bits per heavy atom. The Morgan fingerprint density at radius 2 is 1.97 bits per heavy atom. The van der Waals surface area contributed by atoms with Gasteiger partial charge in [-0.15, -0.1) is 0 Å². The van der Waals surface area contributed by atoms with Gasteiger partial charge in [-0.05, 0) is 58.2 Å². The monoisotopic (exact) mass is 440 g/mol. The zero-order chi connectivity index (χ0) is 22.3. The van der Waals surface area contributed by atoms with Crippen molar-refractivity contribution in [3.05, 3.63) is 41.1 Å². The summed E-state index contributed by atoms with van der Waals surface area (Å²) in [4.78, 5) is 18.4. The second-order valence-electron chi connectivity index (χ2n) is 8.80. The van der Waals surface area contributed by atoms with E-state index >= 15 is 0 Å². The van der Waals surface area contributed by atoms with E-state index in [9.17, 15) is 10.1 Å². The predicted octanol–water partition coefficient (Wildman–Crippen LogP) is 4.60. The van der Waals surface area contributed by atoms with Gasteiger partial charge >= 0.3 is 6.09 Å². The second kappa shape index (κ2) is 7.89. The first-order valence-electron chi connectivity index (χ1n) is 10.3. The fraction of sp³-hybridized carbons (Fsp3) is 0.455. The van der Waals surface area contributed by atoms with Gasteiger partial charge in [-0.25, -0.2) is 9.78 Å². The Balaban J connectivity index is 1.53. The van der Waals surface area contributed by atoms with Gasteiger partial charge in [-0.3, -0.25) is 9.08 Å². The zero-order valence-electron chi connectivity index (χ0n) is 18.1. The molecule has 1 aliphatic rings. The summed E-state index contributed by atoms with van der Waals surface area (Å²) in [7, 11) is 0. The molecule has 0 N–H and O–H groups in total. The topological polar surface area (TPSA) is 88.5 Å². The Hall–Kier alpha value is -3.05. The summed E-state index contributed by atoms with van der Waals surface area (Å²) in [5.41, 5.74) is 3.44. The molecule has 162 valence electrons. The van der Waals surface area contributed by atoms with Gasteiger partial charge in [0.15, 0.2) is 0 Å². The zero-order valence-corrected chi connectivity index (χ0v) is 18.8. The van der Waals surface area contributed by atoms with Gasteiger partial charge in [0.1, 0.15) is 28.2 Å². The highest BCUT2D eigenvalue weighted by Gasteiger charge is 2.29. The highest BCUT2D eigenvalue weighted by atomic mass is 35.5. The maximum Gasteiger partial charge on any atom is 0.410 e. The number of rotatable bonds is 2. The highest BCUT2D eigenvalue weighted by Crippen LogP contribution is 2.32. The quantitative estimate of drug-likeness (QED) is 0.543. The molecule has 3 aromatic rings. The van der Waals surface area contributed by atoms with Crippen molar-refractivity contribution >= 4 is 23.3 Å². The molecule has 4 rings (SSSR count). The predicted molar refractivity (Wildman–Crippen MR) is 117 cm³/mol. The molecule has 0 aliphatic carbocycles. The number of hydrogen-bond donors (Lipinski definition) is 0. The van der Waals surface area contributed by atoms with Gasteiger partial charge in [0.05, 0.1) is 18.4 Å². The van der Waals surface area contributed by atoms with Crippen molar-refractivity contribution in [2.75, 3.05) is 13.1 Å². The number of aromatic nitrogens is 4. The largest absolute Gasteiger partial charge is 0.444 e. The van der Waals surface area contributed by atoms with Gasteiger partial charge in [-0.2, -0.15) is 10.4 Å². The third-order valence-electron chi connectivity index (χ3n) is 5.49. The van der Waals surface area contributed by atoms with Crippen molar-refractivity contribution in [2.45, 2.75) is 52.2 Å². The van der Waals surface area contributed by atoms with Crippen LogP contribution in [0.5, 0.6) is 0 Å². The number of hydrogen-bond acceptors (Lipinski definition) is 5. The summed E-state index contributed by atoms with van der Waals surface area (Å²) in [6.45, 7) is 8.93. The number of carbonyl (C=O) groups is 1. The number of imidazole rings is 1. The van der Waals surface area contributed by atoms with Crippen molar-refractivity contribution in [3.63, 3.8) is 0 Å². The summed E-state index contributed by atoms with van der Waals surface area (Å²) < 4.78 is 9.14. The Morgan fingerprint density at radius 1 is 1.26 bits per heavy atom.